The molecule has 5 aliphatic rings. The first-order valence-corrected chi connectivity index (χ1v) is 9.67. The van der Waals surface area contributed by atoms with Crippen molar-refractivity contribution in [2.75, 3.05) is 0 Å². The van der Waals surface area contributed by atoms with Gasteiger partial charge in [-0.25, -0.2) is 5.43 Å². The quantitative estimate of drug-likeness (QED) is 0.836. The maximum Gasteiger partial charge on any atom is 0.243 e. The predicted molar refractivity (Wildman–Crippen MR) is 94.5 cm³/mol. The Labute approximate surface area is 143 Å². The zero-order chi connectivity index (χ0) is 16.1. The van der Waals surface area contributed by atoms with E-state index in [2.05, 4.69) is 34.8 Å². The minimum atomic E-state index is 0.121. The molecule has 5 aliphatic carbocycles. The fraction of sp³-hybridized carbons (Fsp3) is 0.619. The highest BCUT2D eigenvalue weighted by atomic mass is 16.2. The molecular weight excluding hydrogens is 296 g/mol. The summed E-state index contributed by atoms with van der Waals surface area (Å²) in [6.07, 6.45) is 8.99. The summed E-state index contributed by atoms with van der Waals surface area (Å²) in [4.78, 5) is 12.5. The zero-order valence-electron chi connectivity index (χ0n) is 14.2. The second kappa shape index (κ2) is 5.72. The molecule has 126 valence electrons. The van der Waals surface area contributed by atoms with Crippen LogP contribution in [0.25, 0.3) is 0 Å². The second-order valence-corrected chi connectivity index (χ2v) is 8.62. The van der Waals surface area contributed by atoms with Gasteiger partial charge in [-0.15, -0.1) is 0 Å². The number of carbonyl (C=O) groups excluding carboxylic acids is 1. The van der Waals surface area contributed by atoms with Crippen molar-refractivity contribution in [3.63, 3.8) is 0 Å². The van der Waals surface area contributed by atoms with Crippen LogP contribution < -0.4 is 5.43 Å². The van der Waals surface area contributed by atoms with Crippen molar-refractivity contribution in [3.8, 4) is 0 Å². The normalized spacial score (nSPS) is 41.2. The number of nitrogens with zero attached hydrogens (tertiary/aromatic N) is 1. The van der Waals surface area contributed by atoms with Crippen LogP contribution in [-0.4, -0.2) is 11.6 Å². The van der Waals surface area contributed by atoms with Gasteiger partial charge in [-0.1, -0.05) is 30.3 Å². The number of hydrazone groups is 1. The van der Waals surface area contributed by atoms with E-state index in [9.17, 15) is 4.79 Å². The summed E-state index contributed by atoms with van der Waals surface area (Å²) in [6, 6.07) is 10.4. The van der Waals surface area contributed by atoms with E-state index in [1.54, 1.807) is 0 Å². The molecule has 0 aliphatic heterocycles. The largest absolute Gasteiger partial charge is 0.273 e. The van der Waals surface area contributed by atoms with Gasteiger partial charge in [0, 0.05) is 11.6 Å². The molecule has 0 spiro atoms. The van der Waals surface area contributed by atoms with E-state index in [1.807, 2.05) is 6.07 Å². The van der Waals surface area contributed by atoms with Crippen LogP contribution in [0.5, 0.6) is 0 Å². The summed E-state index contributed by atoms with van der Waals surface area (Å²) in [7, 11) is 0. The summed E-state index contributed by atoms with van der Waals surface area (Å²) in [6.45, 7) is 0. The topological polar surface area (TPSA) is 41.5 Å². The molecule has 1 N–H and O–H groups in total. The Bertz CT molecular complexity index is 654. The maximum absolute atomic E-state index is 12.5. The highest BCUT2D eigenvalue weighted by Crippen LogP contribution is 2.50. The van der Waals surface area contributed by atoms with E-state index in [-0.39, 0.29) is 11.8 Å². The molecule has 4 atom stereocenters. The lowest BCUT2D eigenvalue weighted by Crippen LogP contribution is -2.29. The van der Waals surface area contributed by atoms with E-state index in [1.165, 1.54) is 43.4 Å². The monoisotopic (exact) mass is 322 g/mol. The van der Waals surface area contributed by atoms with E-state index >= 15 is 0 Å². The van der Waals surface area contributed by atoms with Gasteiger partial charge in [-0.3, -0.25) is 4.79 Å². The average molecular weight is 322 g/mol. The summed E-state index contributed by atoms with van der Waals surface area (Å²) in [5.74, 6) is 3.98. The van der Waals surface area contributed by atoms with Crippen molar-refractivity contribution in [3.05, 3.63) is 35.9 Å². The van der Waals surface area contributed by atoms with Crippen LogP contribution in [0.15, 0.2) is 35.4 Å². The van der Waals surface area contributed by atoms with Gasteiger partial charge >= 0.3 is 0 Å². The number of fused-ring (bicyclic) bond motifs is 1. The van der Waals surface area contributed by atoms with Crippen LogP contribution >= 0.6 is 0 Å². The number of hydrogen-bond acceptors (Lipinski definition) is 2. The molecule has 4 bridgehead atoms. The Morgan fingerprint density at radius 1 is 0.917 bits per heavy atom. The van der Waals surface area contributed by atoms with Crippen LogP contribution in [0.1, 0.15) is 56.4 Å². The number of nitrogens with one attached hydrogen (secondary N) is 1. The summed E-state index contributed by atoms with van der Waals surface area (Å²) in [5, 5.41) is 4.65. The van der Waals surface area contributed by atoms with Crippen molar-refractivity contribution in [2.24, 2.45) is 34.7 Å². The molecule has 0 heterocycles. The lowest BCUT2D eigenvalue weighted by molar-refractivity contribution is -0.122. The van der Waals surface area contributed by atoms with E-state index in [0.29, 0.717) is 11.8 Å². The van der Waals surface area contributed by atoms with Crippen LogP contribution in [0.2, 0.25) is 0 Å². The maximum atomic E-state index is 12.5. The fourth-order valence-electron chi connectivity index (χ4n) is 5.79. The molecule has 1 amide bonds. The Morgan fingerprint density at radius 2 is 1.62 bits per heavy atom. The van der Waals surface area contributed by atoms with Crippen molar-refractivity contribution >= 4 is 11.6 Å². The molecule has 0 aromatic heterocycles. The van der Waals surface area contributed by atoms with Gasteiger partial charge in [-0.2, -0.15) is 5.10 Å². The van der Waals surface area contributed by atoms with Gasteiger partial charge in [0.05, 0.1) is 0 Å². The highest BCUT2D eigenvalue weighted by molar-refractivity contribution is 5.90. The fourth-order valence-corrected chi connectivity index (χ4v) is 5.79. The van der Waals surface area contributed by atoms with Crippen molar-refractivity contribution in [1.82, 2.24) is 5.43 Å². The Kier molecular flexibility index (Phi) is 3.50. The van der Waals surface area contributed by atoms with Crippen molar-refractivity contribution < 1.29 is 4.79 Å². The van der Waals surface area contributed by atoms with Gasteiger partial charge < -0.3 is 0 Å². The van der Waals surface area contributed by atoms with Crippen LogP contribution in [0.4, 0.5) is 0 Å². The molecule has 24 heavy (non-hydrogen) atoms. The standard InChI is InChI=1S/C21H26N2O/c24-21(19-12-18(19)16-4-2-1-3-5-16)23-22-20-11-15-7-13-6-14(8-15)10-17(20)9-13/h1-5,13-15,17-19H,6-12H2,(H,23,24). The van der Waals surface area contributed by atoms with Gasteiger partial charge in [-0.05, 0) is 80.1 Å². The second-order valence-electron chi connectivity index (χ2n) is 8.62. The lowest BCUT2D eigenvalue weighted by atomic mass is 9.68. The molecule has 1 aromatic rings. The van der Waals surface area contributed by atoms with Crippen LogP contribution in [0.3, 0.4) is 0 Å². The van der Waals surface area contributed by atoms with Crippen LogP contribution in [-0.2, 0) is 4.79 Å². The van der Waals surface area contributed by atoms with Crippen molar-refractivity contribution in [2.45, 2.75) is 50.9 Å². The lowest BCUT2D eigenvalue weighted by Gasteiger charge is -2.37. The highest BCUT2D eigenvalue weighted by Gasteiger charge is 2.45. The molecule has 5 fully saturated rings. The first kappa shape index (κ1) is 14.7. The zero-order valence-corrected chi connectivity index (χ0v) is 14.2. The minimum absolute atomic E-state index is 0.121. The minimum Gasteiger partial charge on any atom is -0.273 e. The molecule has 1 aromatic carbocycles. The number of carbonyl (C=O) groups is 1. The molecule has 3 nitrogen and oxygen atoms in total. The van der Waals surface area contributed by atoms with E-state index in [0.717, 1.165) is 30.6 Å². The average Bonchev–Trinajstić information content (AvgIpc) is 3.40. The first-order chi connectivity index (χ1) is 11.8. The molecule has 6 rings (SSSR count). The molecule has 3 heteroatoms. The van der Waals surface area contributed by atoms with Crippen LogP contribution in [0, 0.1) is 29.6 Å². The third-order valence-corrected chi connectivity index (χ3v) is 6.87. The van der Waals surface area contributed by atoms with Gasteiger partial charge in [0.1, 0.15) is 0 Å². The number of amides is 1. The van der Waals surface area contributed by atoms with Crippen molar-refractivity contribution in [1.29, 1.82) is 0 Å². The molecule has 0 saturated heterocycles. The first-order valence-electron chi connectivity index (χ1n) is 9.67. The SMILES string of the molecule is O=C(NN=C1CC2CC3CC(C2)CC1C3)C1CC1c1ccccc1. The third-order valence-electron chi connectivity index (χ3n) is 6.87. The third kappa shape index (κ3) is 2.68. The number of hydrogen-bond donors (Lipinski definition) is 1. The Morgan fingerprint density at radius 3 is 2.38 bits per heavy atom. The number of benzene rings is 1. The number of rotatable bonds is 3. The van der Waals surface area contributed by atoms with Gasteiger partial charge in [0.25, 0.3) is 0 Å². The Hall–Kier alpha value is -1.64. The smallest absolute Gasteiger partial charge is 0.243 e. The van der Waals surface area contributed by atoms with E-state index < -0.39 is 0 Å². The molecular formula is C21H26N2O. The summed E-state index contributed by atoms with van der Waals surface area (Å²) in [5.41, 5.74) is 5.52. The predicted octanol–water partition coefficient (Wildman–Crippen LogP) is 4.11. The summed E-state index contributed by atoms with van der Waals surface area (Å²) < 4.78 is 0. The molecule has 4 unspecified atom stereocenters. The Balaban J connectivity index is 1.24. The molecule has 0 radical (unpaired) electrons. The molecule has 5 saturated carbocycles. The van der Waals surface area contributed by atoms with E-state index in [4.69, 9.17) is 0 Å². The van der Waals surface area contributed by atoms with Gasteiger partial charge in [0.15, 0.2) is 0 Å². The van der Waals surface area contributed by atoms with Gasteiger partial charge in [0.2, 0.25) is 5.91 Å². The summed E-state index contributed by atoms with van der Waals surface area (Å²) >= 11 is 0.